The Labute approximate surface area is 144 Å². The molecular formula is C18H29N5O. The molecule has 2 amide bonds. The van der Waals surface area contributed by atoms with Crippen molar-refractivity contribution in [1.82, 2.24) is 25.1 Å². The number of amides is 2. The molecule has 0 unspecified atom stereocenters. The predicted molar refractivity (Wildman–Crippen MR) is 93.5 cm³/mol. The molecular weight excluding hydrogens is 302 g/mol. The molecule has 1 atom stereocenters. The summed E-state index contributed by atoms with van der Waals surface area (Å²) in [5.41, 5.74) is 0.805. The Hall–Kier alpha value is -1.69. The number of urea groups is 1. The zero-order valence-corrected chi connectivity index (χ0v) is 14.7. The van der Waals surface area contributed by atoms with Gasteiger partial charge in [-0.15, -0.1) is 0 Å². The summed E-state index contributed by atoms with van der Waals surface area (Å²) in [5.74, 6) is 0. The Morgan fingerprint density at radius 3 is 2.83 bits per heavy atom. The highest BCUT2D eigenvalue weighted by molar-refractivity contribution is 5.73. The number of carbonyl (C=O) groups excluding carboxylic acids is 1. The van der Waals surface area contributed by atoms with Gasteiger partial charge in [-0.1, -0.05) is 19.3 Å². The Morgan fingerprint density at radius 2 is 2.08 bits per heavy atom. The van der Waals surface area contributed by atoms with Crippen LogP contribution in [0.25, 0.3) is 0 Å². The largest absolute Gasteiger partial charge is 0.336 e. The van der Waals surface area contributed by atoms with Gasteiger partial charge in [0.1, 0.15) is 0 Å². The van der Waals surface area contributed by atoms with Crippen molar-refractivity contribution in [2.45, 2.75) is 63.6 Å². The molecule has 2 fully saturated rings. The number of nitrogens with one attached hydrogen (secondary N) is 1. The lowest BCUT2D eigenvalue weighted by molar-refractivity contribution is 0.138. The Kier molecular flexibility index (Phi) is 6.01. The standard InChI is InChI=1S/C18H29N5O/c1-22(14-15-12-19-9-10-20-15)18(24)21-13-17-8-5-11-23(17)16-6-3-2-4-7-16/h9-10,12,16-17H,2-8,11,13-14H2,1H3,(H,21,24)/t17-/m0/s1. The average Bonchev–Trinajstić information content (AvgIpc) is 3.10. The van der Waals surface area contributed by atoms with E-state index < -0.39 is 0 Å². The van der Waals surface area contributed by atoms with Crippen LogP contribution in [0.2, 0.25) is 0 Å². The van der Waals surface area contributed by atoms with Crippen LogP contribution in [0.5, 0.6) is 0 Å². The van der Waals surface area contributed by atoms with Crippen molar-refractivity contribution in [2.75, 3.05) is 20.1 Å². The van der Waals surface area contributed by atoms with Crippen LogP contribution < -0.4 is 5.32 Å². The van der Waals surface area contributed by atoms with Crippen LogP contribution in [0.15, 0.2) is 18.6 Å². The number of nitrogens with zero attached hydrogens (tertiary/aromatic N) is 4. The molecule has 0 bridgehead atoms. The van der Waals surface area contributed by atoms with Crippen LogP contribution >= 0.6 is 0 Å². The second kappa shape index (κ2) is 8.42. The van der Waals surface area contributed by atoms with E-state index in [0.717, 1.165) is 18.3 Å². The summed E-state index contributed by atoms with van der Waals surface area (Å²) < 4.78 is 0. The van der Waals surface area contributed by atoms with Crippen LogP contribution in [0.1, 0.15) is 50.6 Å². The number of likely N-dealkylation sites (tertiary alicyclic amines) is 1. The molecule has 3 rings (SSSR count). The fourth-order valence-electron chi connectivity index (χ4n) is 4.04. The van der Waals surface area contributed by atoms with Crippen LogP contribution in [0.3, 0.4) is 0 Å². The maximum absolute atomic E-state index is 12.3. The fourth-order valence-corrected chi connectivity index (χ4v) is 4.04. The van der Waals surface area contributed by atoms with E-state index in [2.05, 4.69) is 20.2 Å². The number of aromatic nitrogens is 2. The minimum atomic E-state index is -0.0313. The summed E-state index contributed by atoms with van der Waals surface area (Å²) in [4.78, 5) is 24.9. The van der Waals surface area contributed by atoms with Crippen LogP contribution in [0.4, 0.5) is 4.79 Å². The van der Waals surface area contributed by atoms with Crippen molar-refractivity contribution in [3.63, 3.8) is 0 Å². The molecule has 0 spiro atoms. The molecule has 0 radical (unpaired) electrons. The third kappa shape index (κ3) is 4.44. The summed E-state index contributed by atoms with van der Waals surface area (Å²) in [6.07, 6.45) is 14.2. The van der Waals surface area contributed by atoms with Crippen molar-refractivity contribution < 1.29 is 4.79 Å². The fraction of sp³-hybridized carbons (Fsp3) is 0.722. The first-order valence-corrected chi connectivity index (χ1v) is 9.23. The second-order valence-corrected chi connectivity index (χ2v) is 7.06. The van der Waals surface area contributed by atoms with Gasteiger partial charge in [0.15, 0.2) is 0 Å². The topological polar surface area (TPSA) is 61.4 Å². The van der Waals surface area contributed by atoms with Gasteiger partial charge in [0, 0.05) is 38.1 Å². The van der Waals surface area contributed by atoms with E-state index in [1.165, 1.54) is 51.5 Å². The lowest BCUT2D eigenvalue weighted by Gasteiger charge is -2.35. The molecule has 1 saturated heterocycles. The van der Waals surface area contributed by atoms with Gasteiger partial charge in [-0.2, -0.15) is 0 Å². The molecule has 1 aromatic rings. The van der Waals surface area contributed by atoms with Crippen molar-refractivity contribution in [3.05, 3.63) is 24.3 Å². The van der Waals surface area contributed by atoms with E-state index in [-0.39, 0.29) is 6.03 Å². The molecule has 2 aliphatic rings. The van der Waals surface area contributed by atoms with E-state index in [4.69, 9.17) is 0 Å². The predicted octanol–water partition coefficient (Wildman–Crippen LogP) is 2.42. The van der Waals surface area contributed by atoms with Crippen molar-refractivity contribution in [2.24, 2.45) is 0 Å². The van der Waals surface area contributed by atoms with Crippen molar-refractivity contribution in [3.8, 4) is 0 Å². The maximum Gasteiger partial charge on any atom is 0.317 e. The van der Waals surface area contributed by atoms with Gasteiger partial charge in [-0.25, -0.2) is 4.79 Å². The van der Waals surface area contributed by atoms with Gasteiger partial charge in [0.25, 0.3) is 0 Å². The van der Waals surface area contributed by atoms with Crippen molar-refractivity contribution >= 4 is 6.03 Å². The molecule has 132 valence electrons. The number of hydrogen-bond donors (Lipinski definition) is 1. The van der Waals surface area contributed by atoms with Crippen LogP contribution in [0, 0.1) is 0 Å². The van der Waals surface area contributed by atoms with E-state index in [0.29, 0.717) is 12.6 Å². The first kappa shape index (κ1) is 17.1. The molecule has 1 aromatic heterocycles. The maximum atomic E-state index is 12.3. The summed E-state index contributed by atoms with van der Waals surface area (Å²) in [6, 6.07) is 1.21. The summed E-state index contributed by atoms with van der Waals surface area (Å²) in [6.45, 7) is 2.43. The normalized spacial score (nSPS) is 22.5. The van der Waals surface area contributed by atoms with Crippen molar-refractivity contribution in [1.29, 1.82) is 0 Å². The first-order valence-electron chi connectivity index (χ1n) is 9.23. The minimum Gasteiger partial charge on any atom is -0.336 e. The summed E-state index contributed by atoms with van der Waals surface area (Å²) in [5, 5.41) is 3.11. The highest BCUT2D eigenvalue weighted by Gasteiger charge is 2.31. The van der Waals surface area contributed by atoms with Crippen LogP contribution in [-0.4, -0.2) is 58.0 Å². The minimum absolute atomic E-state index is 0.0313. The first-order chi connectivity index (χ1) is 11.7. The van der Waals surface area contributed by atoms with Gasteiger partial charge in [0.2, 0.25) is 0 Å². The van der Waals surface area contributed by atoms with E-state index in [1.807, 2.05) is 0 Å². The van der Waals surface area contributed by atoms with Gasteiger partial charge in [-0.05, 0) is 32.2 Å². The van der Waals surface area contributed by atoms with E-state index in [1.54, 1.807) is 30.5 Å². The van der Waals surface area contributed by atoms with Crippen LogP contribution in [-0.2, 0) is 6.54 Å². The Bertz CT molecular complexity index is 517. The lowest BCUT2D eigenvalue weighted by Crippen LogP contribution is -2.47. The second-order valence-electron chi connectivity index (χ2n) is 7.06. The highest BCUT2D eigenvalue weighted by atomic mass is 16.2. The molecule has 1 saturated carbocycles. The zero-order valence-electron chi connectivity index (χ0n) is 14.7. The quantitative estimate of drug-likeness (QED) is 0.900. The number of hydrogen-bond acceptors (Lipinski definition) is 4. The van der Waals surface area contributed by atoms with Gasteiger partial charge in [0.05, 0.1) is 18.4 Å². The molecule has 1 N–H and O–H groups in total. The van der Waals surface area contributed by atoms with Gasteiger partial charge < -0.3 is 10.2 Å². The third-order valence-electron chi connectivity index (χ3n) is 5.32. The molecule has 1 aliphatic carbocycles. The Balaban J connectivity index is 1.46. The SMILES string of the molecule is CN(Cc1cnccn1)C(=O)NC[C@@H]1CCCN1C1CCCCC1. The molecule has 2 heterocycles. The summed E-state index contributed by atoms with van der Waals surface area (Å²) >= 11 is 0. The van der Waals surface area contributed by atoms with E-state index in [9.17, 15) is 4.79 Å². The molecule has 6 heteroatoms. The molecule has 0 aromatic carbocycles. The van der Waals surface area contributed by atoms with Gasteiger partial charge in [-0.3, -0.25) is 14.9 Å². The average molecular weight is 331 g/mol. The lowest BCUT2D eigenvalue weighted by atomic mass is 9.94. The van der Waals surface area contributed by atoms with E-state index >= 15 is 0 Å². The van der Waals surface area contributed by atoms with Gasteiger partial charge >= 0.3 is 6.03 Å². The zero-order chi connectivity index (χ0) is 16.8. The number of carbonyl (C=O) groups is 1. The smallest absolute Gasteiger partial charge is 0.317 e. The monoisotopic (exact) mass is 331 g/mol. The number of rotatable bonds is 5. The Morgan fingerprint density at radius 1 is 1.25 bits per heavy atom. The summed E-state index contributed by atoms with van der Waals surface area (Å²) in [7, 11) is 1.80. The third-order valence-corrected chi connectivity index (χ3v) is 5.32. The molecule has 24 heavy (non-hydrogen) atoms. The molecule has 1 aliphatic heterocycles. The highest BCUT2D eigenvalue weighted by Crippen LogP contribution is 2.28. The molecule has 6 nitrogen and oxygen atoms in total.